The van der Waals surface area contributed by atoms with E-state index >= 15 is 0 Å². The fourth-order valence-electron chi connectivity index (χ4n) is 2.45. The van der Waals surface area contributed by atoms with Crippen molar-refractivity contribution in [2.45, 2.75) is 26.3 Å². The maximum Gasteiger partial charge on any atom is 0.257 e. The highest BCUT2D eigenvalue weighted by Crippen LogP contribution is 2.16. The summed E-state index contributed by atoms with van der Waals surface area (Å²) in [7, 11) is 1.39. The summed E-state index contributed by atoms with van der Waals surface area (Å²) >= 11 is 0. The summed E-state index contributed by atoms with van der Waals surface area (Å²) in [6, 6.07) is 6.24. The molecule has 0 unspecified atom stereocenters. The number of hydrogen-bond acceptors (Lipinski definition) is 4. The van der Waals surface area contributed by atoms with Crippen LogP contribution in [0.25, 0.3) is 11.4 Å². The Morgan fingerprint density at radius 1 is 1.40 bits per heavy atom. The van der Waals surface area contributed by atoms with Crippen LogP contribution < -0.4 is 5.32 Å². The summed E-state index contributed by atoms with van der Waals surface area (Å²) in [5, 5.41) is 11.7. The molecule has 1 atom stereocenters. The van der Waals surface area contributed by atoms with Crippen molar-refractivity contribution >= 4 is 11.8 Å². The highest BCUT2D eigenvalue weighted by atomic mass is 16.2. The third-order valence-electron chi connectivity index (χ3n) is 3.69. The average Bonchev–Trinajstić information content (AvgIpc) is 3.14. The molecule has 130 valence electrons. The molecular formula is C18H21N5O2. The van der Waals surface area contributed by atoms with Crippen molar-refractivity contribution in [1.29, 1.82) is 5.26 Å². The summed E-state index contributed by atoms with van der Waals surface area (Å²) in [6.07, 6.45) is 5.57. The molecule has 7 heteroatoms. The minimum atomic E-state index is -0.746. The molecule has 2 aromatic rings. The van der Waals surface area contributed by atoms with E-state index in [0.29, 0.717) is 17.8 Å². The molecule has 0 aliphatic rings. The second kappa shape index (κ2) is 8.11. The van der Waals surface area contributed by atoms with Gasteiger partial charge in [0.05, 0.1) is 0 Å². The lowest BCUT2D eigenvalue weighted by Gasteiger charge is -2.21. The van der Waals surface area contributed by atoms with Crippen molar-refractivity contribution in [3.05, 3.63) is 42.2 Å². The molecule has 7 nitrogen and oxygen atoms in total. The predicted octanol–water partition coefficient (Wildman–Crippen LogP) is 2.16. The molecule has 0 radical (unpaired) electrons. The van der Waals surface area contributed by atoms with Crippen molar-refractivity contribution in [3.63, 3.8) is 0 Å². The van der Waals surface area contributed by atoms with E-state index in [1.54, 1.807) is 36.8 Å². The van der Waals surface area contributed by atoms with Gasteiger partial charge in [0.15, 0.2) is 6.19 Å². The van der Waals surface area contributed by atoms with Crippen LogP contribution >= 0.6 is 0 Å². The first-order valence-electron chi connectivity index (χ1n) is 8.00. The van der Waals surface area contributed by atoms with E-state index in [1.165, 1.54) is 7.05 Å². The molecule has 0 aliphatic heterocycles. The van der Waals surface area contributed by atoms with E-state index < -0.39 is 11.9 Å². The average molecular weight is 339 g/mol. The predicted molar refractivity (Wildman–Crippen MR) is 93.1 cm³/mol. The van der Waals surface area contributed by atoms with Crippen molar-refractivity contribution in [2.75, 3.05) is 7.05 Å². The molecule has 0 fully saturated rings. The van der Waals surface area contributed by atoms with Gasteiger partial charge < -0.3 is 10.3 Å². The monoisotopic (exact) mass is 339 g/mol. The van der Waals surface area contributed by atoms with E-state index in [4.69, 9.17) is 5.26 Å². The van der Waals surface area contributed by atoms with E-state index in [1.807, 2.05) is 19.9 Å². The Morgan fingerprint density at radius 3 is 2.76 bits per heavy atom. The van der Waals surface area contributed by atoms with Gasteiger partial charge in [-0.25, -0.2) is 4.98 Å². The summed E-state index contributed by atoms with van der Waals surface area (Å²) in [5.41, 5.74) is 1.20. The molecule has 0 saturated carbocycles. The molecule has 2 amide bonds. The van der Waals surface area contributed by atoms with Crippen LogP contribution in [0.2, 0.25) is 0 Å². The Balaban J connectivity index is 2.19. The number of H-pyrrole nitrogens is 1. The third-order valence-corrected chi connectivity index (χ3v) is 3.69. The van der Waals surface area contributed by atoms with Gasteiger partial charge in [-0.1, -0.05) is 26.0 Å². The van der Waals surface area contributed by atoms with Crippen LogP contribution in [0.1, 0.15) is 30.6 Å². The summed E-state index contributed by atoms with van der Waals surface area (Å²) in [6.45, 7) is 3.91. The summed E-state index contributed by atoms with van der Waals surface area (Å²) < 4.78 is 0. The number of imidazole rings is 1. The van der Waals surface area contributed by atoms with E-state index in [0.717, 1.165) is 10.5 Å². The van der Waals surface area contributed by atoms with Crippen molar-refractivity contribution in [2.24, 2.45) is 5.92 Å². The van der Waals surface area contributed by atoms with E-state index in [2.05, 4.69) is 15.3 Å². The Labute approximate surface area is 146 Å². The Hall–Kier alpha value is -3.14. The molecule has 0 aliphatic carbocycles. The number of likely N-dealkylation sites (N-methyl/N-ethyl adjacent to an activating group) is 1. The smallest absolute Gasteiger partial charge is 0.257 e. The zero-order valence-electron chi connectivity index (χ0n) is 14.5. The number of nitrogens with one attached hydrogen (secondary N) is 2. The lowest BCUT2D eigenvalue weighted by atomic mass is 10.0. The van der Waals surface area contributed by atoms with Gasteiger partial charge in [0.1, 0.15) is 11.9 Å². The SMILES string of the molecule is CC(C)C[C@H](NC(=O)c1cccc(-c2ncc[nH]2)c1)C(=O)N(C)C#N. The molecular weight excluding hydrogens is 318 g/mol. The second-order valence-corrected chi connectivity index (χ2v) is 6.17. The van der Waals surface area contributed by atoms with Gasteiger partial charge in [0, 0.05) is 30.6 Å². The topological polar surface area (TPSA) is 102 Å². The maximum absolute atomic E-state index is 12.6. The van der Waals surface area contributed by atoms with Crippen LogP contribution in [0.15, 0.2) is 36.7 Å². The summed E-state index contributed by atoms with van der Waals surface area (Å²) in [5.74, 6) is 0.0648. The number of carbonyl (C=O) groups is 2. The van der Waals surface area contributed by atoms with Gasteiger partial charge in [-0.05, 0) is 24.5 Å². The first-order valence-corrected chi connectivity index (χ1v) is 8.00. The summed E-state index contributed by atoms with van der Waals surface area (Å²) in [4.78, 5) is 33.0. The third kappa shape index (κ3) is 4.67. The fraction of sp³-hybridized carbons (Fsp3) is 0.333. The number of nitriles is 1. The molecule has 1 aromatic heterocycles. The fourth-order valence-corrected chi connectivity index (χ4v) is 2.45. The molecule has 0 bridgehead atoms. The second-order valence-electron chi connectivity index (χ2n) is 6.17. The quantitative estimate of drug-likeness (QED) is 0.622. The largest absolute Gasteiger partial charge is 0.345 e. The first-order chi connectivity index (χ1) is 11.9. The van der Waals surface area contributed by atoms with Gasteiger partial charge in [0.25, 0.3) is 11.8 Å². The molecule has 1 aromatic carbocycles. The highest BCUT2D eigenvalue weighted by molar-refractivity contribution is 5.98. The Kier molecular flexibility index (Phi) is 5.90. The van der Waals surface area contributed by atoms with Gasteiger partial charge in [-0.3, -0.25) is 14.5 Å². The van der Waals surface area contributed by atoms with Gasteiger partial charge in [-0.2, -0.15) is 5.26 Å². The van der Waals surface area contributed by atoms with Gasteiger partial charge in [0.2, 0.25) is 0 Å². The van der Waals surface area contributed by atoms with Crippen molar-refractivity contribution in [1.82, 2.24) is 20.2 Å². The molecule has 0 spiro atoms. The molecule has 1 heterocycles. The van der Waals surface area contributed by atoms with Crippen LogP contribution in [0, 0.1) is 17.4 Å². The Morgan fingerprint density at radius 2 is 2.16 bits per heavy atom. The zero-order valence-corrected chi connectivity index (χ0v) is 14.5. The van der Waals surface area contributed by atoms with Gasteiger partial charge in [-0.15, -0.1) is 0 Å². The van der Waals surface area contributed by atoms with Crippen LogP contribution in [0.5, 0.6) is 0 Å². The number of rotatable bonds is 6. The molecule has 2 rings (SSSR count). The lowest BCUT2D eigenvalue weighted by molar-refractivity contribution is -0.129. The highest BCUT2D eigenvalue weighted by Gasteiger charge is 2.25. The van der Waals surface area contributed by atoms with Gasteiger partial charge >= 0.3 is 0 Å². The van der Waals surface area contributed by atoms with Crippen LogP contribution in [-0.2, 0) is 4.79 Å². The standard InChI is InChI=1S/C18H21N5O2/c1-12(2)9-15(18(25)23(3)11-19)22-17(24)14-6-4-5-13(10-14)16-20-7-8-21-16/h4-8,10,12,15H,9H2,1-3H3,(H,20,21)(H,22,24)/t15-/m0/s1. The first kappa shape index (κ1) is 18.2. The van der Waals surface area contributed by atoms with E-state index in [-0.39, 0.29) is 11.8 Å². The van der Waals surface area contributed by atoms with Crippen molar-refractivity contribution in [3.8, 4) is 17.6 Å². The molecule has 2 N–H and O–H groups in total. The number of carbonyl (C=O) groups excluding carboxylic acids is 2. The Bertz CT molecular complexity index is 777. The number of benzene rings is 1. The lowest BCUT2D eigenvalue weighted by Crippen LogP contribution is -2.46. The molecule has 25 heavy (non-hydrogen) atoms. The normalized spacial score (nSPS) is 11.6. The van der Waals surface area contributed by atoms with Crippen molar-refractivity contribution < 1.29 is 9.59 Å². The van der Waals surface area contributed by atoms with Crippen LogP contribution in [-0.4, -0.2) is 39.8 Å². The number of nitrogens with zero attached hydrogens (tertiary/aromatic N) is 3. The van der Waals surface area contributed by atoms with Crippen LogP contribution in [0.3, 0.4) is 0 Å². The number of aromatic amines is 1. The number of amides is 2. The zero-order chi connectivity index (χ0) is 18.4. The minimum Gasteiger partial charge on any atom is -0.345 e. The van der Waals surface area contributed by atoms with Crippen LogP contribution in [0.4, 0.5) is 0 Å². The number of aromatic nitrogens is 2. The molecule has 0 saturated heterocycles. The van der Waals surface area contributed by atoms with E-state index in [9.17, 15) is 9.59 Å². The minimum absolute atomic E-state index is 0.191. The maximum atomic E-state index is 12.6. The number of hydrogen-bond donors (Lipinski definition) is 2.